The second-order valence-corrected chi connectivity index (χ2v) is 5.29. The number of rotatable bonds is 2. The molecule has 0 aliphatic carbocycles. The molecule has 2 N–H and O–H groups in total. The van der Waals surface area contributed by atoms with Crippen molar-refractivity contribution in [3.05, 3.63) is 28.7 Å². The van der Waals surface area contributed by atoms with E-state index >= 15 is 0 Å². The van der Waals surface area contributed by atoms with Crippen LogP contribution in [0, 0.1) is 0 Å². The molecule has 2 heterocycles. The van der Waals surface area contributed by atoms with E-state index in [2.05, 4.69) is 10.2 Å². The highest BCUT2D eigenvalue weighted by Gasteiger charge is 2.33. The molecule has 0 saturated heterocycles. The van der Waals surface area contributed by atoms with Gasteiger partial charge >= 0.3 is 6.18 Å². The largest absolute Gasteiger partial charge is 0.417 e. The molecule has 0 amide bonds. The zero-order chi connectivity index (χ0) is 14.4. The van der Waals surface area contributed by atoms with Crippen LogP contribution >= 0.6 is 11.6 Å². The van der Waals surface area contributed by atoms with Crippen molar-refractivity contribution < 1.29 is 13.2 Å². The van der Waals surface area contributed by atoms with Crippen molar-refractivity contribution in [2.45, 2.75) is 25.4 Å². The molecule has 104 valence electrons. The highest BCUT2D eigenvalue weighted by Crippen LogP contribution is 2.33. The first-order chi connectivity index (χ1) is 8.66. The minimum absolute atomic E-state index is 0.0959. The van der Waals surface area contributed by atoms with Crippen molar-refractivity contribution >= 4 is 17.2 Å². The quantitative estimate of drug-likeness (QED) is 0.926. The van der Waals surface area contributed by atoms with Crippen molar-refractivity contribution in [1.82, 2.24) is 14.6 Å². The SMILES string of the molecule is CC(C)(CN)c1nnc2c(Cl)cc(C(F)(F)F)cn12. The molecule has 0 saturated carbocycles. The first-order valence-corrected chi connectivity index (χ1v) is 5.86. The molecule has 0 radical (unpaired) electrons. The van der Waals surface area contributed by atoms with Gasteiger partial charge in [0.2, 0.25) is 0 Å². The molecule has 2 rings (SSSR count). The number of pyridine rings is 1. The van der Waals surface area contributed by atoms with E-state index in [0.717, 1.165) is 12.3 Å². The van der Waals surface area contributed by atoms with Gasteiger partial charge in [0.1, 0.15) is 5.82 Å². The van der Waals surface area contributed by atoms with Crippen LogP contribution in [0.3, 0.4) is 0 Å². The molecule has 0 bridgehead atoms. The first kappa shape index (κ1) is 14.1. The zero-order valence-electron chi connectivity index (χ0n) is 10.3. The molecule has 0 aliphatic heterocycles. The molecular weight excluding hydrogens is 281 g/mol. The van der Waals surface area contributed by atoms with Crippen LogP contribution in [0.2, 0.25) is 5.02 Å². The first-order valence-electron chi connectivity index (χ1n) is 5.49. The molecule has 0 aromatic carbocycles. The summed E-state index contributed by atoms with van der Waals surface area (Å²) in [6, 6.07) is 0.838. The predicted octanol–water partition coefficient (Wildman–Crippen LogP) is 2.64. The Hall–Kier alpha value is -1.34. The summed E-state index contributed by atoms with van der Waals surface area (Å²) >= 11 is 5.82. The van der Waals surface area contributed by atoms with Gasteiger partial charge in [-0.25, -0.2) is 0 Å². The molecule has 0 aliphatic rings. The van der Waals surface area contributed by atoms with E-state index in [9.17, 15) is 13.2 Å². The maximum atomic E-state index is 12.8. The van der Waals surface area contributed by atoms with E-state index in [0.29, 0.717) is 5.82 Å². The fraction of sp³-hybridized carbons (Fsp3) is 0.455. The Morgan fingerprint density at radius 2 is 1.95 bits per heavy atom. The van der Waals surface area contributed by atoms with Crippen LogP contribution < -0.4 is 5.73 Å². The van der Waals surface area contributed by atoms with E-state index in [1.165, 1.54) is 4.40 Å². The number of fused-ring (bicyclic) bond motifs is 1. The van der Waals surface area contributed by atoms with Gasteiger partial charge in [-0.3, -0.25) is 4.40 Å². The second kappa shape index (κ2) is 4.35. The number of nitrogens with two attached hydrogens (primary N) is 1. The van der Waals surface area contributed by atoms with Gasteiger partial charge in [-0.2, -0.15) is 13.2 Å². The summed E-state index contributed by atoms with van der Waals surface area (Å²) in [7, 11) is 0. The van der Waals surface area contributed by atoms with Crippen molar-refractivity contribution in [3.8, 4) is 0 Å². The van der Waals surface area contributed by atoms with Crippen molar-refractivity contribution in [2.75, 3.05) is 6.54 Å². The van der Waals surface area contributed by atoms with Crippen molar-refractivity contribution in [3.63, 3.8) is 0 Å². The van der Waals surface area contributed by atoms with E-state index in [1.54, 1.807) is 13.8 Å². The highest BCUT2D eigenvalue weighted by molar-refractivity contribution is 6.33. The molecule has 0 atom stereocenters. The topological polar surface area (TPSA) is 56.2 Å². The Balaban J connectivity index is 2.74. The van der Waals surface area contributed by atoms with Crippen LogP contribution in [0.5, 0.6) is 0 Å². The lowest BCUT2D eigenvalue weighted by Gasteiger charge is -2.20. The Morgan fingerprint density at radius 1 is 1.32 bits per heavy atom. The maximum absolute atomic E-state index is 12.8. The number of alkyl halides is 3. The van der Waals surface area contributed by atoms with Crippen molar-refractivity contribution in [1.29, 1.82) is 0 Å². The molecule has 0 unspecified atom stereocenters. The van der Waals surface area contributed by atoms with Gasteiger partial charge in [0, 0.05) is 18.2 Å². The molecule has 2 aromatic rings. The smallest absolute Gasteiger partial charge is 0.329 e. The van der Waals surface area contributed by atoms with Gasteiger partial charge < -0.3 is 5.73 Å². The molecule has 0 fully saturated rings. The Kier molecular flexibility index (Phi) is 3.22. The number of halogens is 4. The summed E-state index contributed by atoms with van der Waals surface area (Å²) < 4.78 is 39.6. The van der Waals surface area contributed by atoms with Gasteiger partial charge in [-0.1, -0.05) is 25.4 Å². The minimum Gasteiger partial charge on any atom is -0.329 e. The lowest BCUT2D eigenvalue weighted by Crippen LogP contribution is -2.30. The fourth-order valence-electron chi connectivity index (χ4n) is 1.66. The Bertz CT molecular complexity index is 618. The lowest BCUT2D eigenvalue weighted by atomic mass is 9.93. The van der Waals surface area contributed by atoms with E-state index < -0.39 is 17.2 Å². The average molecular weight is 293 g/mol. The molecule has 19 heavy (non-hydrogen) atoms. The molecule has 4 nitrogen and oxygen atoms in total. The third kappa shape index (κ3) is 2.40. The predicted molar refractivity (Wildman–Crippen MR) is 65.1 cm³/mol. The lowest BCUT2D eigenvalue weighted by molar-refractivity contribution is -0.137. The third-order valence-electron chi connectivity index (χ3n) is 2.90. The van der Waals surface area contributed by atoms with Crippen LogP contribution in [-0.4, -0.2) is 21.1 Å². The summed E-state index contributed by atoms with van der Waals surface area (Å²) in [6.45, 7) is 3.77. The summed E-state index contributed by atoms with van der Waals surface area (Å²) in [5, 5.41) is 7.62. The number of hydrogen-bond donors (Lipinski definition) is 1. The van der Waals surface area contributed by atoms with E-state index in [-0.39, 0.29) is 17.2 Å². The van der Waals surface area contributed by atoms with E-state index in [1.807, 2.05) is 0 Å². The standard InChI is InChI=1S/C11H12ClF3N4/c1-10(2,5-16)9-18-17-8-7(12)3-6(4-19(8)9)11(13,14)15/h3-4H,5,16H2,1-2H3. The third-order valence-corrected chi connectivity index (χ3v) is 3.18. The summed E-state index contributed by atoms with van der Waals surface area (Å²) in [6.07, 6.45) is -3.54. The minimum atomic E-state index is -4.48. The normalized spacial score (nSPS) is 13.2. The van der Waals surface area contributed by atoms with Crippen LogP contribution in [0.4, 0.5) is 13.2 Å². The fourth-order valence-corrected chi connectivity index (χ4v) is 1.91. The van der Waals surface area contributed by atoms with Gasteiger partial charge in [-0.05, 0) is 6.07 Å². The van der Waals surface area contributed by atoms with Crippen molar-refractivity contribution in [2.24, 2.45) is 5.73 Å². The zero-order valence-corrected chi connectivity index (χ0v) is 11.0. The van der Waals surface area contributed by atoms with Crippen LogP contribution in [0.25, 0.3) is 5.65 Å². The van der Waals surface area contributed by atoms with Gasteiger partial charge in [-0.15, -0.1) is 10.2 Å². The van der Waals surface area contributed by atoms with Crippen LogP contribution in [0.1, 0.15) is 25.2 Å². The Labute approximate surface area is 112 Å². The van der Waals surface area contributed by atoms with Gasteiger partial charge in [0.25, 0.3) is 0 Å². The van der Waals surface area contributed by atoms with E-state index in [4.69, 9.17) is 17.3 Å². The van der Waals surface area contributed by atoms with Gasteiger partial charge in [0.05, 0.1) is 10.6 Å². The molecule has 0 spiro atoms. The highest BCUT2D eigenvalue weighted by atomic mass is 35.5. The molecular formula is C11H12ClF3N4. The summed E-state index contributed by atoms with van der Waals surface area (Å²) in [5.41, 5.74) is 4.35. The number of aromatic nitrogens is 3. The second-order valence-electron chi connectivity index (χ2n) is 4.88. The monoisotopic (exact) mass is 292 g/mol. The maximum Gasteiger partial charge on any atom is 0.417 e. The number of nitrogens with zero attached hydrogens (tertiary/aromatic N) is 3. The van der Waals surface area contributed by atoms with Crippen LogP contribution in [0.15, 0.2) is 12.3 Å². The van der Waals surface area contributed by atoms with Crippen LogP contribution in [-0.2, 0) is 11.6 Å². The average Bonchev–Trinajstić information content (AvgIpc) is 2.72. The molecule has 8 heteroatoms. The molecule has 2 aromatic heterocycles. The number of hydrogen-bond acceptors (Lipinski definition) is 3. The Morgan fingerprint density at radius 3 is 2.47 bits per heavy atom. The van der Waals surface area contributed by atoms with Gasteiger partial charge in [0.15, 0.2) is 5.65 Å². The summed E-state index contributed by atoms with van der Waals surface area (Å²) in [4.78, 5) is 0. The summed E-state index contributed by atoms with van der Waals surface area (Å²) in [5.74, 6) is 0.345.